The highest BCUT2D eigenvalue weighted by Gasteiger charge is 2.20. The molecule has 1 aliphatic rings. The van der Waals surface area contributed by atoms with Crippen molar-refractivity contribution in [2.75, 3.05) is 13.2 Å². The lowest BCUT2D eigenvalue weighted by molar-refractivity contribution is -0.0311. The Morgan fingerprint density at radius 1 is 1.37 bits per heavy atom. The highest BCUT2D eigenvalue weighted by atomic mass is 16.5. The molecule has 4 atom stereocenters. The fraction of sp³-hybridized carbons (Fsp3) is 1.00. The van der Waals surface area contributed by atoms with E-state index in [9.17, 15) is 5.11 Å². The summed E-state index contributed by atoms with van der Waals surface area (Å²) in [5.74, 6) is 0.781. The van der Waals surface area contributed by atoms with Gasteiger partial charge in [-0.05, 0) is 32.1 Å². The SMILES string of the molecule is CCCCC(C)NCC(O)COC1CCCC(C)C1. The number of unbranched alkanes of at least 4 members (excludes halogenated alkanes) is 1. The maximum absolute atomic E-state index is 9.93. The monoisotopic (exact) mass is 271 g/mol. The molecule has 0 bridgehead atoms. The van der Waals surface area contributed by atoms with E-state index in [-0.39, 0.29) is 6.10 Å². The Labute approximate surface area is 119 Å². The van der Waals surface area contributed by atoms with Crippen molar-refractivity contribution in [2.45, 2.75) is 84.0 Å². The zero-order chi connectivity index (χ0) is 14.1. The van der Waals surface area contributed by atoms with Crippen LogP contribution in [0.25, 0.3) is 0 Å². The molecule has 1 saturated carbocycles. The predicted molar refractivity (Wildman–Crippen MR) is 80.4 cm³/mol. The number of aliphatic hydroxyl groups excluding tert-OH is 1. The van der Waals surface area contributed by atoms with Crippen molar-refractivity contribution < 1.29 is 9.84 Å². The van der Waals surface area contributed by atoms with Gasteiger partial charge in [-0.1, -0.05) is 39.5 Å². The summed E-state index contributed by atoms with van der Waals surface area (Å²) in [6, 6.07) is 0.490. The van der Waals surface area contributed by atoms with Crippen LogP contribution in [0.3, 0.4) is 0 Å². The minimum Gasteiger partial charge on any atom is -0.389 e. The van der Waals surface area contributed by atoms with Crippen molar-refractivity contribution in [1.82, 2.24) is 5.32 Å². The number of aliphatic hydroxyl groups is 1. The standard InChI is InChI=1S/C16H33NO2/c1-4-5-8-14(3)17-11-15(18)12-19-16-9-6-7-13(2)10-16/h13-18H,4-12H2,1-3H3. The molecule has 0 aromatic heterocycles. The molecule has 0 aliphatic heterocycles. The summed E-state index contributed by atoms with van der Waals surface area (Å²) >= 11 is 0. The van der Waals surface area contributed by atoms with Crippen molar-refractivity contribution in [3.63, 3.8) is 0 Å². The van der Waals surface area contributed by atoms with Crippen molar-refractivity contribution in [1.29, 1.82) is 0 Å². The molecule has 0 amide bonds. The molecule has 0 spiro atoms. The van der Waals surface area contributed by atoms with Crippen molar-refractivity contribution in [2.24, 2.45) is 5.92 Å². The first-order chi connectivity index (χ1) is 9.11. The molecule has 2 N–H and O–H groups in total. The Kier molecular flexibility index (Phi) is 8.67. The Hall–Kier alpha value is -0.120. The quantitative estimate of drug-likeness (QED) is 0.677. The van der Waals surface area contributed by atoms with Gasteiger partial charge in [0.2, 0.25) is 0 Å². The van der Waals surface area contributed by atoms with Gasteiger partial charge in [-0.2, -0.15) is 0 Å². The molecule has 3 nitrogen and oxygen atoms in total. The minimum atomic E-state index is -0.374. The molecule has 0 heterocycles. The van der Waals surface area contributed by atoms with Gasteiger partial charge in [-0.15, -0.1) is 0 Å². The Balaban J connectivity index is 2.05. The van der Waals surface area contributed by atoms with Gasteiger partial charge in [0.15, 0.2) is 0 Å². The van der Waals surface area contributed by atoms with E-state index in [1.165, 1.54) is 32.1 Å². The third-order valence-electron chi connectivity index (χ3n) is 4.11. The summed E-state index contributed by atoms with van der Waals surface area (Å²) in [5, 5.41) is 13.3. The van der Waals surface area contributed by atoms with Crippen LogP contribution in [0.4, 0.5) is 0 Å². The number of rotatable bonds is 9. The van der Waals surface area contributed by atoms with Gasteiger partial charge in [0, 0.05) is 12.6 Å². The first kappa shape index (κ1) is 16.9. The predicted octanol–water partition coefficient (Wildman–Crippen LogP) is 3.11. The lowest BCUT2D eigenvalue weighted by atomic mass is 9.89. The second kappa shape index (κ2) is 9.73. The second-order valence-corrected chi connectivity index (χ2v) is 6.33. The Morgan fingerprint density at radius 3 is 2.84 bits per heavy atom. The van der Waals surface area contributed by atoms with Gasteiger partial charge in [0.1, 0.15) is 0 Å². The fourth-order valence-corrected chi connectivity index (χ4v) is 2.79. The van der Waals surface area contributed by atoms with Crippen LogP contribution < -0.4 is 5.32 Å². The topological polar surface area (TPSA) is 41.5 Å². The van der Waals surface area contributed by atoms with Crippen molar-refractivity contribution >= 4 is 0 Å². The molecular formula is C16H33NO2. The van der Waals surface area contributed by atoms with Crippen LogP contribution in [-0.2, 0) is 4.74 Å². The van der Waals surface area contributed by atoms with Crippen LogP contribution in [0.2, 0.25) is 0 Å². The first-order valence-corrected chi connectivity index (χ1v) is 8.14. The molecule has 3 heteroatoms. The normalized spacial score (nSPS) is 27.2. The van der Waals surface area contributed by atoms with Crippen molar-refractivity contribution in [3.8, 4) is 0 Å². The summed E-state index contributed by atoms with van der Waals surface area (Å²) in [5.41, 5.74) is 0. The lowest BCUT2D eigenvalue weighted by Gasteiger charge is -2.28. The first-order valence-electron chi connectivity index (χ1n) is 8.14. The molecule has 1 aliphatic carbocycles. The van der Waals surface area contributed by atoms with E-state index in [1.54, 1.807) is 0 Å². The molecule has 4 unspecified atom stereocenters. The van der Waals surface area contributed by atoms with Crippen molar-refractivity contribution in [3.05, 3.63) is 0 Å². The van der Waals surface area contributed by atoms with E-state index in [4.69, 9.17) is 4.74 Å². The summed E-state index contributed by atoms with van der Waals surface area (Å²) < 4.78 is 5.84. The second-order valence-electron chi connectivity index (χ2n) is 6.33. The molecule has 114 valence electrons. The van der Waals surface area contributed by atoms with Gasteiger partial charge < -0.3 is 15.2 Å². The Bertz CT molecular complexity index is 223. The van der Waals surface area contributed by atoms with Crippen LogP contribution in [0.5, 0.6) is 0 Å². The molecule has 0 saturated heterocycles. The number of hydrogen-bond acceptors (Lipinski definition) is 3. The third-order valence-corrected chi connectivity index (χ3v) is 4.11. The summed E-state index contributed by atoms with van der Waals surface area (Å²) in [6.07, 6.45) is 8.59. The summed E-state index contributed by atoms with van der Waals surface area (Å²) in [6.45, 7) is 7.81. The highest BCUT2D eigenvalue weighted by Crippen LogP contribution is 2.25. The number of ether oxygens (including phenoxy) is 1. The zero-order valence-corrected chi connectivity index (χ0v) is 13.0. The van der Waals surface area contributed by atoms with Gasteiger partial charge in [-0.3, -0.25) is 0 Å². The molecule has 0 aromatic carbocycles. The maximum atomic E-state index is 9.93. The molecule has 1 rings (SSSR count). The van der Waals surface area contributed by atoms with E-state index in [0.717, 1.165) is 18.8 Å². The fourth-order valence-electron chi connectivity index (χ4n) is 2.79. The lowest BCUT2D eigenvalue weighted by Crippen LogP contribution is -2.37. The van der Waals surface area contributed by atoms with E-state index < -0.39 is 0 Å². The average molecular weight is 271 g/mol. The van der Waals surface area contributed by atoms with Crippen LogP contribution >= 0.6 is 0 Å². The zero-order valence-electron chi connectivity index (χ0n) is 13.0. The van der Waals surface area contributed by atoms with E-state index in [2.05, 4.69) is 26.1 Å². The van der Waals surface area contributed by atoms with Crippen LogP contribution in [-0.4, -0.2) is 36.5 Å². The molecule has 0 aromatic rings. The number of hydrogen-bond donors (Lipinski definition) is 2. The minimum absolute atomic E-state index is 0.371. The summed E-state index contributed by atoms with van der Waals surface area (Å²) in [4.78, 5) is 0. The Morgan fingerprint density at radius 2 is 2.16 bits per heavy atom. The smallest absolute Gasteiger partial charge is 0.0897 e. The van der Waals surface area contributed by atoms with E-state index >= 15 is 0 Å². The van der Waals surface area contributed by atoms with Gasteiger partial charge in [0.25, 0.3) is 0 Å². The highest BCUT2D eigenvalue weighted by molar-refractivity contribution is 4.72. The molecular weight excluding hydrogens is 238 g/mol. The van der Waals surface area contributed by atoms with E-state index in [1.807, 2.05) is 0 Å². The van der Waals surface area contributed by atoms with Gasteiger partial charge in [-0.25, -0.2) is 0 Å². The van der Waals surface area contributed by atoms with Crippen LogP contribution in [0, 0.1) is 5.92 Å². The van der Waals surface area contributed by atoms with Gasteiger partial charge in [0.05, 0.1) is 18.8 Å². The van der Waals surface area contributed by atoms with Gasteiger partial charge >= 0.3 is 0 Å². The third kappa shape index (κ3) is 7.91. The van der Waals surface area contributed by atoms with Crippen LogP contribution in [0.15, 0.2) is 0 Å². The average Bonchev–Trinajstić information content (AvgIpc) is 2.40. The largest absolute Gasteiger partial charge is 0.389 e. The maximum Gasteiger partial charge on any atom is 0.0897 e. The van der Waals surface area contributed by atoms with E-state index in [0.29, 0.717) is 25.3 Å². The molecule has 0 radical (unpaired) electrons. The molecule has 19 heavy (non-hydrogen) atoms. The number of nitrogens with one attached hydrogen (secondary N) is 1. The summed E-state index contributed by atoms with van der Waals surface area (Å²) in [7, 11) is 0. The molecule has 1 fully saturated rings. The van der Waals surface area contributed by atoms with Crippen LogP contribution in [0.1, 0.15) is 65.7 Å².